The number of halogens is 3. The average molecular weight is 315 g/mol. The number of rotatable bonds is 4. The lowest BCUT2D eigenvalue weighted by molar-refractivity contribution is -0.180. The van der Waals surface area contributed by atoms with Gasteiger partial charge in [-0.05, 0) is 30.3 Å². The maximum absolute atomic E-state index is 12.2. The van der Waals surface area contributed by atoms with Crippen molar-refractivity contribution in [2.75, 3.05) is 18.6 Å². The van der Waals surface area contributed by atoms with Crippen molar-refractivity contribution in [1.82, 2.24) is 0 Å². The number of anilines is 1. The average Bonchev–Trinajstić information content (AvgIpc) is 2.85. The molecule has 0 aliphatic carbocycles. The topological polar surface area (TPSA) is 55.8 Å². The Kier molecular flexibility index (Phi) is 4.51. The minimum Gasteiger partial charge on any atom is -0.465 e. The van der Waals surface area contributed by atoms with Crippen LogP contribution in [0.2, 0.25) is 0 Å². The minimum absolute atomic E-state index is 0.263. The Morgan fingerprint density at radius 2 is 1.91 bits per heavy atom. The SMILES string of the molecule is COC(=O)c1ccc(N2C(=O)C=CC2OCC(F)(F)F)cc1. The first-order valence-electron chi connectivity index (χ1n) is 6.20. The van der Waals surface area contributed by atoms with Gasteiger partial charge >= 0.3 is 12.1 Å². The van der Waals surface area contributed by atoms with Crippen molar-refractivity contribution in [3.8, 4) is 0 Å². The molecule has 0 N–H and O–H groups in total. The molecule has 1 heterocycles. The van der Waals surface area contributed by atoms with Crippen LogP contribution in [0, 0.1) is 0 Å². The fourth-order valence-corrected chi connectivity index (χ4v) is 1.92. The van der Waals surface area contributed by atoms with Gasteiger partial charge in [-0.15, -0.1) is 0 Å². The van der Waals surface area contributed by atoms with Crippen molar-refractivity contribution in [2.45, 2.75) is 12.4 Å². The summed E-state index contributed by atoms with van der Waals surface area (Å²) in [6.07, 6.45) is -3.25. The Morgan fingerprint density at radius 3 is 2.45 bits per heavy atom. The monoisotopic (exact) mass is 315 g/mol. The molecule has 0 radical (unpaired) electrons. The predicted molar refractivity (Wildman–Crippen MR) is 70.2 cm³/mol. The van der Waals surface area contributed by atoms with Crippen LogP contribution in [0.25, 0.3) is 0 Å². The van der Waals surface area contributed by atoms with E-state index in [4.69, 9.17) is 4.74 Å². The molecule has 0 aromatic heterocycles. The Balaban J connectivity index is 2.14. The summed E-state index contributed by atoms with van der Waals surface area (Å²) < 4.78 is 45.9. The predicted octanol–water partition coefficient (Wildman–Crippen LogP) is 2.28. The normalized spacial score (nSPS) is 17.9. The van der Waals surface area contributed by atoms with Crippen LogP contribution >= 0.6 is 0 Å². The Morgan fingerprint density at radius 1 is 1.27 bits per heavy atom. The van der Waals surface area contributed by atoms with Crippen LogP contribution in [0.15, 0.2) is 36.4 Å². The van der Waals surface area contributed by atoms with Crippen LogP contribution in [0.4, 0.5) is 18.9 Å². The van der Waals surface area contributed by atoms with E-state index in [1.807, 2.05) is 0 Å². The molecule has 118 valence electrons. The van der Waals surface area contributed by atoms with Crippen molar-refractivity contribution in [2.24, 2.45) is 0 Å². The molecular weight excluding hydrogens is 303 g/mol. The van der Waals surface area contributed by atoms with Gasteiger partial charge in [-0.3, -0.25) is 9.69 Å². The number of carbonyl (C=O) groups is 2. The molecule has 1 unspecified atom stereocenters. The van der Waals surface area contributed by atoms with E-state index in [-0.39, 0.29) is 5.56 Å². The summed E-state index contributed by atoms with van der Waals surface area (Å²) in [5, 5.41) is 0. The summed E-state index contributed by atoms with van der Waals surface area (Å²) in [7, 11) is 1.23. The second-order valence-corrected chi connectivity index (χ2v) is 4.42. The first kappa shape index (κ1) is 16.0. The smallest absolute Gasteiger partial charge is 0.411 e. The fraction of sp³-hybridized carbons (Fsp3) is 0.286. The molecular formula is C14H12F3NO4. The quantitative estimate of drug-likeness (QED) is 0.800. The van der Waals surface area contributed by atoms with E-state index in [1.165, 1.54) is 37.5 Å². The lowest BCUT2D eigenvalue weighted by Gasteiger charge is -2.25. The number of hydrogen-bond acceptors (Lipinski definition) is 4. The number of carbonyl (C=O) groups excluding carboxylic acids is 2. The maximum Gasteiger partial charge on any atom is 0.411 e. The highest BCUT2D eigenvalue weighted by Gasteiger charge is 2.34. The molecule has 0 fully saturated rings. The lowest BCUT2D eigenvalue weighted by Crippen LogP contribution is -2.37. The van der Waals surface area contributed by atoms with E-state index >= 15 is 0 Å². The molecule has 0 spiro atoms. The Hall–Kier alpha value is -2.35. The first-order valence-corrected chi connectivity index (χ1v) is 6.20. The van der Waals surface area contributed by atoms with Gasteiger partial charge in [-0.25, -0.2) is 4.79 Å². The summed E-state index contributed by atoms with van der Waals surface area (Å²) in [6, 6.07) is 5.68. The summed E-state index contributed by atoms with van der Waals surface area (Å²) in [6.45, 7) is -1.47. The molecule has 5 nitrogen and oxygen atoms in total. The third-order valence-electron chi connectivity index (χ3n) is 2.88. The van der Waals surface area contributed by atoms with Crippen LogP contribution in [0.3, 0.4) is 0 Å². The third kappa shape index (κ3) is 3.64. The second-order valence-electron chi connectivity index (χ2n) is 4.42. The van der Waals surface area contributed by atoms with Gasteiger partial charge in [0.05, 0.1) is 12.7 Å². The first-order chi connectivity index (χ1) is 10.3. The number of benzene rings is 1. The van der Waals surface area contributed by atoms with E-state index < -0.39 is 30.9 Å². The van der Waals surface area contributed by atoms with Crippen LogP contribution in [0.5, 0.6) is 0 Å². The number of nitrogens with zero attached hydrogens (tertiary/aromatic N) is 1. The van der Waals surface area contributed by atoms with Gasteiger partial charge in [0.25, 0.3) is 5.91 Å². The fourth-order valence-electron chi connectivity index (χ4n) is 1.92. The number of esters is 1. The summed E-state index contributed by atoms with van der Waals surface area (Å²) in [5.41, 5.74) is 0.577. The summed E-state index contributed by atoms with van der Waals surface area (Å²) >= 11 is 0. The molecule has 1 aromatic carbocycles. The molecule has 1 aromatic rings. The number of methoxy groups -OCH3 is 1. The molecule has 0 saturated heterocycles. The molecule has 0 bridgehead atoms. The van der Waals surface area contributed by atoms with Crippen LogP contribution in [0.1, 0.15) is 10.4 Å². The highest BCUT2D eigenvalue weighted by atomic mass is 19.4. The third-order valence-corrected chi connectivity index (χ3v) is 2.88. The van der Waals surface area contributed by atoms with Gasteiger partial charge in [-0.1, -0.05) is 0 Å². The number of ether oxygens (including phenoxy) is 2. The van der Waals surface area contributed by atoms with Gasteiger partial charge in [0, 0.05) is 11.8 Å². The van der Waals surface area contributed by atoms with Gasteiger partial charge in [0.2, 0.25) is 0 Å². The van der Waals surface area contributed by atoms with E-state index in [0.717, 1.165) is 11.0 Å². The van der Waals surface area contributed by atoms with Gasteiger partial charge in [-0.2, -0.15) is 13.2 Å². The van der Waals surface area contributed by atoms with Crippen molar-refractivity contribution in [3.63, 3.8) is 0 Å². The molecule has 1 aliphatic rings. The summed E-state index contributed by atoms with van der Waals surface area (Å²) in [4.78, 5) is 24.2. The molecule has 22 heavy (non-hydrogen) atoms. The largest absolute Gasteiger partial charge is 0.465 e. The van der Waals surface area contributed by atoms with Crippen molar-refractivity contribution >= 4 is 17.6 Å². The van der Waals surface area contributed by atoms with Gasteiger partial charge < -0.3 is 9.47 Å². The number of hydrogen-bond donors (Lipinski definition) is 0. The van der Waals surface area contributed by atoms with E-state index in [1.54, 1.807) is 0 Å². The summed E-state index contributed by atoms with van der Waals surface area (Å²) in [5.74, 6) is -1.06. The minimum atomic E-state index is -4.49. The number of alkyl halides is 3. The zero-order valence-electron chi connectivity index (χ0n) is 11.5. The molecule has 1 amide bonds. The molecule has 0 saturated carbocycles. The highest BCUT2D eigenvalue weighted by Crippen LogP contribution is 2.25. The Labute approximate surface area is 123 Å². The molecule has 8 heteroatoms. The van der Waals surface area contributed by atoms with E-state index in [0.29, 0.717) is 5.69 Å². The second kappa shape index (κ2) is 6.18. The van der Waals surface area contributed by atoms with Crippen molar-refractivity contribution in [1.29, 1.82) is 0 Å². The highest BCUT2D eigenvalue weighted by molar-refractivity contribution is 6.04. The number of amides is 1. The lowest BCUT2D eigenvalue weighted by atomic mass is 10.2. The molecule has 1 aliphatic heterocycles. The zero-order valence-corrected chi connectivity index (χ0v) is 11.5. The van der Waals surface area contributed by atoms with E-state index in [9.17, 15) is 22.8 Å². The van der Waals surface area contributed by atoms with Crippen molar-refractivity contribution in [3.05, 3.63) is 42.0 Å². The van der Waals surface area contributed by atoms with Crippen molar-refractivity contribution < 1.29 is 32.2 Å². The zero-order chi connectivity index (χ0) is 16.3. The van der Waals surface area contributed by atoms with Crippen LogP contribution < -0.4 is 4.90 Å². The molecule has 2 rings (SSSR count). The molecule has 1 atom stereocenters. The van der Waals surface area contributed by atoms with Crippen LogP contribution in [-0.2, 0) is 14.3 Å². The standard InChI is InChI=1S/C14H12F3NO4/c1-21-13(20)9-2-4-10(5-3-9)18-11(19)6-7-12(18)22-8-14(15,16)17/h2-7,12H,8H2,1H3. The Bertz CT molecular complexity index is 595. The van der Waals surface area contributed by atoms with Crippen LogP contribution in [-0.4, -0.2) is 38.0 Å². The van der Waals surface area contributed by atoms with E-state index in [2.05, 4.69) is 4.74 Å². The van der Waals surface area contributed by atoms with Gasteiger partial charge in [0.15, 0.2) is 6.23 Å². The maximum atomic E-state index is 12.2. The van der Waals surface area contributed by atoms with Gasteiger partial charge in [0.1, 0.15) is 6.61 Å².